The number of Topliss-reactive ketones (excluding diaryl/α,β-unsaturated/α-hetero) is 1. The maximum absolute atomic E-state index is 12.2. The van der Waals surface area contributed by atoms with E-state index < -0.39 is 11.5 Å². The first kappa shape index (κ1) is 14.7. The van der Waals surface area contributed by atoms with Crippen LogP contribution in [0.3, 0.4) is 0 Å². The number of nitrogens with zero attached hydrogens (tertiary/aromatic N) is 1. The first-order valence-electron chi connectivity index (χ1n) is 6.44. The Morgan fingerprint density at radius 3 is 2.24 bits per heavy atom. The van der Waals surface area contributed by atoms with Gasteiger partial charge in [0.2, 0.25) is 0 Å². The quantitative estimate of drug-likeness (QED) is 0.872. The SMILES string of the molecule is Cc1ccc(C(=O)Cn2c(C)ccc(C(=O)O)c2=O)cc1. The highest BCUT2D eigenvalue weighted by molar-refractivity contribution is 5.96. The summed E-state index contributed by atoms with van der Waals surface area (Å²) in [5.41, 5.74) is 1.08. The molecule has 1 aromatic carbocycles. The molecule has 0 unspecified atom stereocenters. The van der Waals surface area contributed by atoms with Crippen molar-refractivity contribution in [2.24, 2.45) is 0 Å². The van der Waals surface area contributed by atoms with Crippen molar-refractivity contribution in [1.82, 2.24) is 4.57 Å². The second-order valence-corrected chi connectivity index (χ2v) is 4.87. The van der Waals surface area contributed by atoms with Crippen molar-refractivity contribution in [2.75, 3.05) is 0 Å². The highest BCUT2D eigenvalue weighted by Gasteiger charge is 2.15. The molecule has 0 bridgehead atoms. The summed E-state index contributed by atoms with van der Waals surface area (Å²) in [6.07, 6.45) is 0. The number of pyridine rings is 1. The molecule has 0 saturated heterocycles. The van der Waals surface area contributed by atoms with E-state index in [9.17, 15) is 14.4 Å². The van der Waals surface area contributed by atoms with Gasteiger partial charge >= 0.3 is 5.97 Å². The number of aromatic nitrogens is 1. The van der Waals surface area contributed by atoms with Crippen LogP contribution in [0.25, 0.3) is 0 Å². The smallest absolute Gasteiger partial charge is 0.341 e. The molecule has 0 spiro atoms. The molecule has 0 radical (unpaired) electrons. The molecule has 5 heteroatoms. The highest BCUT2D eigenvalue weighted by atomic mass is 16.4. The molecule has 0 aliphatic carbocycles. The molecule has 0 saturated carbocycles. The maximum atomic E-state index is 12.2. The zero-order valence-electron chi connectivity index (χ0n) is 11.8. The number of aromatic carboxylic acids is 1. The molecule has 0 aliphatic heterocycles. The molecule has 0 aliphatic rings. The van der Waals surface area contributed by atoms with Crippen LogP contribution in [0, 0.1) is 13.8 Å². The second kappa shape index (κ2) is 5.75. The van der Waals surface area contributed by atoms with Crippen LogP contribution in [0.5, 0.6) is 0 Å². The summed E-state index contributed by atoms with van der Waals surface area (Å²) >= 11 is 0. The van der Waals surface area contributed by atoms with Crippen LogP contribution in [0.4, 0.5) is 0 Å². The van der Waals surface area contributed by atoms with Crippen LogP contribution in [-0.4, -0.2) is 21.4 Å². The van der Waals surface area contributed by atoms with E-state index in [2.05, 4.69) is 0 Å². The number of rotatable bonds is 4. The first-order valence-corrected chi connectivity index (χ1v) is 6.44. The molecule has 2 rings (SSSR count). The Balaban J connectivity index is 2.37. The van der Waals surface area contributed by atoms with Crippen LogP contribution in [0.1, 0.15) is 32.0 Å². The molecule has 0 fully saturated rings. The average molecular weight is 285 g/mol. The fourth-order valence-corrected chi connectivity index (χ4v) is 2.00. The number of hydrogen-bond donors (Lipinski definition) is 1. The van der Waals surface area contributed by atoms with Gasteiger partial charge in [0, 0.05) is 11.3 Å². The highest BCUT2D eigenvalue weighted by Crippen LogP contribution is 2.07. The van der Waals surface area contributed by atoms with Crippen molar-refractivity contribution < 1.29 is 14.7 Å². The molecule has 5 nitrogen and oxygen atoms in total. The van der Waals surface area contributed by atoms with E-state index in [-0.39, 0.29) is 17.9 Å². The lowest BCUT2D eigenvalue weighted by atomic mass is 10.1. The number of carbonyl (C=O) groups excluding carboxylic acids is 1. The van der Waals surface area contributed by atoms with Crippen LogP contribution in [-0.2, 0) is 6.54 Å². The van der Waals surface area contributed by atoms with Crippen LogP contribution >= 0.6 is 0 Å². The molecule has 0 atom stereocenters. The van der Waals surface area contributed by atoms with Crippen molar-refractivity contribution in [3.63, 3.8) is 0 Å². The lowest BCUT2D eigenvalue weighted by Gasteiger charge is -2.10. The van der Waals surface area contributed by atoms with Crippen molar-refractivity contribution in [1.29, 1.82) is 0 Å². The summed E-state index contributed by atoms with van der Waals surface area (Å²) in [4.78, 5) is 35.3. The first-order chi connectivity index (χ1) is 9.90. The lowest BCUT2D eigenvalue weighted by molar-refractivity contribution is 0.0693. The number of benzene rings is 1. The van der Waals surface area contributed by atoms with Gasteiger partial charge in [0.1, 0.15) is 5.56 Å². The summed E-state index contributed by atoms with van der Waals surface area (Å²) in [6, 6.07) is 9.80. The Hall–Kier alpha value is -2.69. The standard InChI is InChI=1S/C16H15NO4/c1-10-3-6-12(7-4-10)14(18)9-17-11(2)5-8-13(15(17)19)16(20)21/h3-8H,9H2,1-2H3,(H,20,21). The lowest BCUT2D eigenvalue weighted by Crippen LogP contribution is -2.30. The van der Waals surface area contributed by atoms with Crippen LogP contribution in [0.2, 0.25) is 0 Å². The number of carbonyl (C=O) groups is 2. The minimum atomic E-state index is -1.29. The van der Waals surface area contributed by atoms with Gasteiger partial charge < -0.3 is 9.67 Å². The number of hydrogen-bond acceptors (Lipinski definition) is 3. The maximum Gasteiger partial charge on any atom is 0.341 e. The molecule has 0 amide bonds. The van der Waals surface area contributed by atoms with Gasteiger partial charge in [-0.15, -0.1) is 0 Å². The van der Waals surface area contributed by atoms with E-state index in [1.54, 1.807) is 19.1 Å². The van der Waals surface area contributed by atoms with E-state index in [4.69, 9.17) is 5.11 Å². The van der Waals surface area contributed by atoms with Gasteiger partial charge in [-0.05, 0) is 26.0 Å². The van der Waals surface area contributed by atoms with E-state index in [1.807, 2.05) is 19.1 Å². The van der Waals surface area contributed by atoms with Crippen molar-refractivity contribution in [2.45, 2.75) is 20.4 Å². The summed E-state index contributed by atoms with van der Waals surface area (Å²) in [5, 5.41) is 8.96. The average Bonchev–Trinajstić information content (AvgIpc) is 2.43. The molecule has 21 heavy (non-hydrogen) atoms. The molecule has 2 aromatic rings. The Labute approximate surface area is 121 Å². The van der Waals surface area contributed by atoms with E-state index in [1.165, 1.54) is 16.7 Å². The predicted octanol–water partition coefficient (Wildman–Crippen LogP) is 2.05. The number of carboxylic acids is 1. The largest absolute Gasteiger partial charge is 0.477 e. The predicted molar refractivity (Wildman–Crippen MR) is 77.9 cm³/mol. The van der Waals surface area contributed by atoms with Crippen LogP contribution < -0.4 is 5.56 Å². The van der Waals surface area contributed by atoms with Crippen molar-refractivity contribution >= 4 is 11.8 Å². The zero-order chi connectivity index (χ0) is 15.6. The molecule has 1 N–H and O–H groups in total. The minimum Gasteiger partial charge on any atom is -0.477 e. The van der Waals surface area contributed by atoms with Gasteiger partial charge in [0.15, 0.2) is 5.78 Å². The number of carboxylic acid groups (broad SMARTS) is 1. The molecular formula is C16H15NO4. The second-order valence-electron chi connectivity index (χ2n) is 4.87. The molecule has 1 heterocycles. The topological polar surface area (TPSA) is 76.4 Å². The summed E-state index contributed by atoms with van der Waals surface area (Å²) < 4.78 is 1.19. The third kappa shape index (κ3) is 3.08. The van der Waals surface area contributed by atoms with Crippen molar-refractivity contribution in [3.8, 4) is 0 Å². The van der Waals surface area contributed by atoms with Gasteiger partial charge in [0.25, 0.3) is 5.56 Å². The van der Waals surface area contributed by atoms with Gasteiger partial charge in [-0.25, -0.2) is 4.79 Å². The van der Waals surface area contributed by atoms with Gasteiger partial charge in [-0.1, -0.05) is 29.8 Å². The third-order valence-corrected chi connectivity index (χ3v) is 3.30. The van der Waals surface area contributed by atoms with Gasteiger partial charge in [-0.3, -0.25) is 9.59 Å². The third-order valence-electron chi connectivity index (χ3n) is 3.30. The van der Waals surface area contributed by atoms with E-state index in [0.29, 0.717) is 11.3 Å². The molecular weight excluding hydrogens is 270 g/mol. The molecule has 108 valence electrons. The van der Waals surface area contributed by atoms with Gasteiger partial charge in [-0.2, -0.15) is 0 Å². The fraction of sp³-hybridized carbons (Fsp3) is 0.188. The van der Waals surface area contributed by atoms with Crippen LogP contribution in [0.15, 0.2) is 41.2 Å². The van der Waals surface area contributed by atoms with Crippen molar-refractivity contribution in [3.05, 3.63) is 69.1 Å². The number of aryl methyl sites for hydroxylation is 2. The van der Waals surface area contributed by atoms with E-state index >= 15 is 0 Å². The Morgan fingerprint density at radius 2 is 1.67 bits per heavy atom. The monoisotopic (exact) mass is 285 g/mol. The Kier molecular flexibility index (Phi) is 4.03. The zero-order valence-corrected chi connectivity index (χ0v) is 11.8. The fourth-order valence-electron chi connectivity index (χ4n) is 2.00. The Morgan fingerprint density at radius 1 is 1.05 bits per heavy atom. The minimum absolute atomic E-state index is 0.172. The van der Waals surface area contributed by atoms with Gasteiger partial charge in [0.05, 0.1) is 6.54 Å². The Bertz CT molecular complexity index is 757. The van der Waals surface area contributed by atoms with E-state index in [0.717, 1.165) is 5.56 Å². The summed E-state index contributed by atoms with van der Waals surface area (Å²) in [7, 11) is 0. The summed E-state index contributed by atoms with van der Waals surface area (Å²) in [6.45, 7) is 3.41. The summed E-state index contributed by atoms with van der Waals surface area (Å²) in [5.74, 6) is -1.53. The normalized spacial score (nSPS) is 10.4. The molecule has 1 aromatic heterocycles. The number of ketones is 1.